The summed E-state index contributed by atoms with van der Waals surface area (Å²) >= 11 is 0. The summed E-state index contributed by atoms with van der Waals surface area (Å²) in [5.74, 6) is 0.638. The lowest BCUT2D eigenvalue weighted by Gasteiger charge is -2.18. The highest BCUT2D eigenvalue weighted by Crippen LogP contribution is 2.35. The predicted molar refractivity (Wildman–Crippen MR) is 99.7 cm³/mol. The molecule has 2 N–H and O–H groups in total. The van der Waals surface area contributed by atoms with E-state index in [0.29, 0.717) is 35.1 Å². The quantitative estimate of drug-likeness (QED) is 0.528. The average Bonchev–Trinajstić information content (AvgIpc) is 2.62. The lowest BCUT2D eigenvalue weighted by atomic mass is 10.0. The zero-order valence-corrected chi connectivity index (χ0v) is 15.0. The van der Waals surface area contributed by atoms with Crippen molar-refractivity contribution in [2.24, 2.45) is 0 Å². The Bertz CT molecular complexity index is 851. The van der Waals surface area contributed by atoms with Crippen molar-refractivity contribution in [3.05, 3.63) is 59.0 Å². The SMILES string of the molecule is C=C(C)[C@@H](O)CCC(=C)[C@@H](O)COc1ccc2ccc(=O)oc2c1OC. The highest BCUT2D eigenvalue weighted by Gasteiger charge is 2.16. The summed E-state index contributed by atoms with van der Waals surface area (Å²) in [6, 6.07) is 6.38. The number of benzene rings is 1. The predicted octanol–water partition coefficient (Wildman–Crippen LogP) is 2.81. The lowest BCUT2D eigenvalue weighted by molar-refractivity contribution is 0.127. The Morgan fingerprint density at radius 1 is 1.19 bits per heavy atom. The molecular formula is C20H24O6. The van der Waals surface area contributed by atoms with Gasteiger partial charge in [-0.25, -0.2) is 4.79 Å². The van der Waals surface area contributed by atoms with Crippen molar-refractivity contribution in [3.63, 3.8) is 0 Å². The molecule has 140 valence electrons. The number of rotatable bonds is 9. The second-order valence-electron chi connectivity index (χ2n) is 6.16. The number of fused-ring (bicyclic) bond motifs is 1. The van der Waals surface area contributed by atoms with Gasteiger partial charge in [-0.2, -0.15) is 0 Å². The Labute approximate surface area is 152 Å². The molecule has 6 heteroatoms. The van der Waals surface area contributed by atoms with Crippen LogP contribution in [0.3, 0.4) is 0 Å². The van der Waals surface area contributed by atoms with Crippen LogP contribution in [-0.4, -0.2) is 36.1 Å². The molecule has 2 aromatic rings. The van der Waals surface area contributed by atoms with Crippen LogP contribution in [0.5, 0.6) is 11.5 Å². The first-order valence-corrected chi connectivity index (χ1v) is 8.26. The molecule has 0 aliphatic rings. The van der Waals surface area contributed by atoms with Gasteiger partial charge in [0.15, 0.2) is 11.3 Å². The molecule has 0 saturated carbocycles. The van der Waals surface area contributed by atoms with Crippen LogP contribution in [0.1, 0.15) is 19.8 Å². The van der Waals surface area contributed by atoms with E-state index in [2.05, 4.69) is 13.2 Å². The Morgan fingerprint density at radius 2 is 1.88 bits per heavy atom. The van der Waals surface area contributed by atoms with Gasteiger partial charge in [0.05, 0.1) is 13.2 Å². The maximum Gasteiger partial charge on any atom is 0.336 e. The van der Waals surface area contributed by atoms with Gasteiger partial charge < -0.3 is 24.1 Å². The van der Waals surface area contributed by atoms with Gasteiger partial charge in [-0.15, -0.1) is 0 Å². The smallest absolute Gasteiger partial charge is 0.336 e. The molecule has 26 heavy (non-hydrogen) atoms. The van der Waals surface area contributed by atoms with E-state index in [9.17, 15) is 15.0 Å². The number of methoxy groups -OCH3 is 1. The third-order valence-corrected chi connectivity index (χ3v) is 4.09. The Kier molecular flexibility index (Phi) is 6.60. The Balaban J connectivity index is 2.05. The molecule has 0 amide bonds. The van der Waals surface area contributed by atoms with Crippen LogP contribution in [0.4, 0.5) is 0 Å². The second-order valence-corrected chi connectivity index (χ2v) is 6.16. The maximum absolute atomic E-state index is 11.5. The van der Waals surface area contributed by atoms with Crippen molar-refractivity contribution in [3.8, 4) is 11.5 Å². The molecule has 0 unspecified atom stereocenters. The highest BCUT2D eigenvalue weighted by atomic mass is 16.5. The fourth-order valence-corrected chi connectivity index (χ4v) is 2.42. The van der Waals surface area contributed by atoms with Crippen LogP contribution in [0.2, 0.25) is 0 Å². The van der Waals surface area contributed by atoms with E-state index in [0.717, 1.165) is 0 Å². The molecule has 0 aliphatic heterocycles. The minimum absolute atomic E-state index is 0.0407. The van der Waals surface area contributed by atoms with Crippen LogP contribution >= 0.6 is 0 Å². The summed E-state index contributed by atoms with van der Waals surface area (Å²) in [7, 11) is 1.45. The van der Waals surface area contributed by atoms with Crippen molar-refractivity contribution < 1.29 is 24.1 Å². The topological polar surface area (TPSA) is 89.1 Å². The molecule has 6 nitrogen and oxygen atoms in total. The molecule has 1 aromatic heterocycles. The summed E-state index contributed by atoms with van der Waals surface area (Å²) in [6.45, 7) is 9.24. The molecule has 2 rings (SSSR count). The van der Waals surface area contributed by atoms with Crippen LogP contribution < -0.4 is 15.1 Å². The molecule has 0 fully saturated rings. The lowest BCUT2D eigenvalue weighted by Crippen LogP contribution is -2.21. The summed E-state index contributed by atoms with van der Waals surface area (Å²) in [5, 5.41) is 20.7. The summed E-state index contributed by atoms with van der Waals surface area (Å²) in [4.78, 5) is 11.5. The molecule has 0 radical (unpaired) electrons. The van der Waals surface area contributed by atoms with E-state index in [-0.39, 0.29) is 17.9 Å². The van der Waals surface area contributed by atoms with Crippen molar-refractivity contribution >= 4 is 11.0 Å². The molecule has 1 heterocycles. The van der Waals surface area contributed by atoms with Crippen molar-refractivity contribution in [1.29, 1.82) is 0 Å². The Morgan fingerprint density at radius 3 is 2.54 bits per heavy atom. The first kappa shape index (κ1) is 19.8. The van der Waals surface area contributed by atoms with Crippen LogP contribution in [-0.2, 0) is 0 Å². The highest BCUT2D eigenvalue weighted by molar-refractivity contribution is 5.85. The maximum atomic E-state index is 11.5. The zero-order valence-electron chi connectivity index (χ0n) is 15.0. The van der Waals surface area contributed by atoms with Gasteiger partial charge in [-0.05, 0) is 43.5 Å². The van der Waals surface area contributed by atoms with Crippen LogP contribution in [0.25, 0.3) is 11.0 Å². The normalized spacial score (nSPS) is 13.2. The van der Waals surface area contributed by atoms with Gasteiger partial charge >= 0.3 is 5.63 Å². The third kappa shape index (κ3) is 4.74. The van der Waals surface area contributed by atoms with Crippen LogP contribution in [0.15, 0.2) is 57.8 Å². The van der Waals surface area contributed by atoms with Gasteiger partial charge in [0, 0.05) is 11.5 Å². The van der Waals surface area contributed by atoms with Crippen molar-refractivity contribution in [1.82, 2.24) is 0 Å². The minimum atomic E-state index is -0.907. The summed E-state index contributed by atoms with van der Waals surface area (Å²) in [6.07, 6.45) is -0.642. The fourth-order valence-electron chi connectivity index (χ4n) is 2.42. The standard InChI is InChI=1S/C20H24O6/c1-12(2)15(21)8-5-13(3)16(22)11-25-17-9-6-14-7-10-18(23)26-19(14)20(17)24-4/h6-7,9-10,15-16,21-22H,1,3,5,8,11H2,2,4H3/t15-,16-/m0/s1. The largest absolute Gasteiger partial charge is 0.490 e. The zero-order chi connectivity index (χ0) is 19.3. The molecule has 0 saturated heterocycles. The fraction of sp³-hybridized carbons (Fsp3) is 0.350. The third-order valence-electron chi connectivity index (χ3n) is 4.09. The first-order chi connectivity index (χ1) is 12.3. The van der Waals surface area contributed by atoms with Gasteiger partial charge in [0.1, 0.15) is 12.7 Å². The average molecular weight is 360 g/mol. The molecule has 1 aromatic carbocycles. The Hall–Kier alpha value is -2.57. The molecule has 2 atom stereocenters. The molecular weight excluding hydrogens is 336 g/mol. The van der Waals surface area contributed by atoms with Crippen molar-refractivity contribution in [2.45, 2.75) is 32.0 Å². The minimum Gasteiger partial charge on any atom is -0.490 e. The number of ether oxygens (including phenoxy) is 2. The second kappa shape index (κ2) is 8.69. The molecule has 0 aliphatic carbocycles. The number of aliphatic hydroxyl groups excluding tert-OH is 2. The van der Waals surface area contributed by atoms with Gasteiger partial charge in [0.25, 0.3) is 0 Å². The van der Waals surface area contributed by atoms with E-state index in [1.807, 2.05) is 0 Å². The summed E-state index contributed by atoms with van der Waals surface area (Å²) in [5.41, 5.74) is 1.02. The molecule has 0 spiro atoms. The number of aliphatic hydroxyl groups is 2. The summed E-state index contributed by atoms with van der Waals surface area (Å²) < 4.78 is 16.1. The first-order valence-electron chi connectivity index (χ1n) is 8.26. The van der Waals surface area contributed by atoms with E-state index < -0.39 is 17.8 Å². The number of hydrogen-bond acceptors (Lipinski definition) is 6. The van der Waals surface area contributed by atoms with Gasteiger partial charge in [0.2, 0.25) is 5.75 Å². The van der Waals surface area contributed by atoms with E-state index >= 15 is 0 Å². The van der Waals surface area contributed by atoms with E-state index in [4.69, 9.17) is 13.9 Å². The van der Waals surface area contributed by atoms with Crippen molar-refractivity contribution in [2.75, 3.05) is 13.7 Å². The van der Waals surface area contributed by atoms with Gasteiger partial charge in [-0.1, -0.05) is 18.7 Å². The van der Waals surface area contributed by atoms with E-state index in [1.54, 1.807) is 25.1 Å². The van der Waals surface area contributed by atoms with Gasteiger partial charge in [-0.3, -0.25) is 0 Å². The van der Waals surface area contributed by atoms with Crippen LogP contribution in [0, 0.1) is 0 Å². The molecule has 0 bridgehead atoms. The van der Waals surface area contributed by atoms with E-state index in [1.165, 1.54) is 13.2 Å². The number of hydrogen-bond donors (Lipinski definition) is 2. The monoisotopic (exact) mass is 360 g/mol.